The van der Waals surface area contributed by atoms with E-state index in [2.05, 4.69) is 46.0 Å². The van der Waals surface area contributed by atoms with Gasteiger partial charge in [-0.2, -0.15) is 22.0 Å². The summed E-state index contributed by atoms with van der Waals surface area (Å²) in [4.78, 5) is 0. The van der Waals surface area contributed by atoms with Crippen molar-refractivity contribution in [3.8, 4) is 0 Å². The summed E-state index contributed by atoms with van der Waals surface area (Å²) in [6.45, 7) is 10.1. The van der Waals surface area contributed by atoms with Gasteiger partial charge >= 0.3 is 17.2 Å². The van der Waals surface area contributed by atoms with E-state index in [1.54, 1.807) is 0 Å². The molecular formula is C21H20BrClF7N. The standard InChI is InChI=1S/C21H20BrClF7N/c1-5-7-12(3)17(24)10-13(4)31-18-14(6-2)11-15(8-9-16(18)22)19(25,20(23,26)27)21(28,29)30/h5,7,9-11,31H,1,4,6,8H2,2-3H3/b12-7-,17-10-. The quantitative estimate of drug-likeness (QED) is 0.187. The van der Waals surface area contributed by atoms with Crippen molar-refractivity contribution < 1.29 is 30.7 Å². The molecule has 1 N–H and O–H groups in total. The van der Waals surface area contributed by atoms with Gasteiger partial charge in [0.05, 0.1) is 5.70 Å². The molecule has 0 aliphatic heterocycles. The van der Waals surface area contributed by atoms with Crippen LogP contribution in [-0.2, 0) is 0 Å². The molecule has 1 aliphatic rings. The van der Waals surface area contributed by atoms with Crippen LogP contribution in [0.25, 0.3) is 0 Å². The highest BCUT2D eigenvalue weighted by Gasteiger charge is 2.72. The largest absolute Gasteiger partial charge is 0.433 e. The Morgan fingerprint density at radius 1 is 1.26 bits per heavy atom. The van der Waals surface area contributed by atoms with Crippen molar-refractivity contribution in [1.82, 2.24) is 5.32 Å². The van der Waals surface area contributed by atoms with Gasteiger partial charge < -0.3 is 5.32 Å². The first-order valence-corrected chi connectivity index (χ1v) is 10.0. The van der Waals surface area contributed by atoms with Crippen LogP contribution in [0.4, 0.5) is 30.7 Å². The van der Waals surface area contributed by atoms with Crippen molar-refractivity contribution >= 4 is 27.5 Å². The average Bonchev–Trinajstić information content (AvgIpc) is 2.78. The zero-order valence-corrected chi connectivity index (χ0v) is 19.0. The Kier molecular flexibility index (Phi) is 9.03. The Balaban J connectivity index is 3.52. The number of halogens is 9. The molecule has 0 radical (unpaired) electrons. The Bertz CT molecular complexity index is 872. The summed E-state index contributed by atoms with van der Waals surface area (Å²) in [7, 11) is 0. The summed E-state index contributed by atoms with van der Waals surface area (Å²) in [5.41, 5.74) is -5.91. The van der Waals surface area contributed by atoms with Gasteiger partial charge in [-0.25, -0.2) is 8.78 Å². The maximum atomic E-state index is 14.8. The zero-order valence-electron chi connectivity index (χ0n) is 16.6. The molecule has 0 amide bonds. The molecule has 10 heteroatoms. The molecule has 0 spiro atoms. The Hall–Kier alpha value is -1.74. The molecule has 0 bridgehead atoms. The van der Waals surface area contributed by atoms with E-state index in [1.807, 2.05) is 0 Å². The molecule has 0 saturated carbocycles. The number of hydrogen-bond donors (Lipinski definition) is 1. The van der Waals surface area contributed by atoms with E-state index in [1.165, 1.54) is 26.0 Å². The number of hydrogen-bond acceptors (Lipinski definition) is 1. The van der Waals surface area contributed by atoms with E-state index < -0.39 is 35.0 Å². The minimum absolute atomic E-state index is 0.0162. The first-order chi connectivity index (χ1) is 14.1. The summed E-state index contributed by atoms with van der Waals surface area (Å²) in [5, 5.41) is -2.52. The van der Waals surface area contributed by atoms with Crippen molar-refractivity contribution in [3.05, 3.63) is 82.0 Å². The second-order valence-corrected chi connectivity index (χ2v) is 7.89. The highest BCUT2D eigenvalue weighted by molar-refractivity contribution is 9.12. The molecule has 0 fully saturated rings. The third-order valence-corrected chi connectivity index (χ3v) is 5.33. The minimum Gasteiger partial charge on any atom is -0.355 e. The van der Waals surface area contributed by atoms with Crippen LogP contribution < -0.4 is 5.32 Å². The van der Waals surface area contributed by atoms with Gasteiger partial charge in [-0.1, -0.05) is 44.4 Å². The second kappa shape index (κ2) is 10.3. The van der Waals surface area contributed by atoms with Gasteiger partial charge in [0.1, 0.15) is 5.83 Å². The predicted octanol–water partition coefficient (Wildman–Crippen LogP) is 8.45. The van der Waals surface area contributed by atoms with Crippen molar-refractivity contribution in [3.63, 3.8) is 0 Å². The van der Waals surface area contributed by atoms with Crippen LogP contribution in [0.2, 0.25) is 0 Å². The molecule has 0 aromatic rings. The van der Waals surface area contributed by atoms with Gasteiger partial charge in [-0.15, -0.1) is 0 Å². The van der Waals surface area contributed by atoms with Crippen LogP contribution in [-0.4, -0.2) is 17.2 Å². The lowest BCUT2D eigenvalue weighted by Crippen LogP contribution is -2.54. The van der Waals surface area contributed by atoms with E-state index in [9.17, 15) is 30.7 Å². The maximum absolute atomic E-state index is 14.8. The first-order valence-electron chi connectivity index (χ1n) is 8.85. The summed E-state index contributed by atoms with van der Waals surface area (Å²) < 4.78 is 96.2. The van der Waals surface area contributed by atoms with Crippen molar-refractivity contribution in [1.29, 1.82) is 0 Å². The number of allylic oxidation sites excluding steroid dienone is 10. The number of alkyl halides is 7. The van der Waals surface area contributed by atoms with Crippen LogP contribution in [0.15, 0.2) is 82.0 Å². The van der Waals surface area contributed by atoms with Crippen LogP contribution in [0.3, 0.4) is 0 Å². The first kappa shape index (κ1) is 27.3. The van der Waals surface area contributed by atoms with E-state index >= 15 is 0 Å². The highest BCUT2D eigenvalue weighted by Crippen LogP contribution is 2.53. The van der Waals surface area contributed by atoms with Gasteiger partial charge in [0, 0.05) is 10.2 Å². The predicted molar refractivity (Wildman–Crippen MR) is 113 cm³/mol. The fourth-order valence-corrected chi connectivity index (χ4v) is 3.44. The van der Waals surface area contributed by atoms with Crippen LogP contribution in [0.1, 0.15) is 26.7 Å². The maximum Gasteiger partial charge on any atom is 0.433 e. The smallest absolute Gasteiger partial charge is 0.355 e. The molecule has 1 atom stereocenters. The normalized spacial score (nSPS) is 18.7. The highest BCUT2D eigenvalue weighted by atomic mass is 79.9. The van der Waals surface area contributed by atoms with Crippen LogP contribution in [0, 0.1) is 0 Å². The third-order valence-electron chi connectivity index (χ3n) is 4.35. The number of rotatable bonds is 8. The molecule has 172 valence electrons. The van der Waals surface area contributed by atoms with Gasteiger partial charge in [0.25, 0.3) is 0 Å². The zero-order chi connectivity index (χ0) is 24.2. The summed E-state index contributed by atoms with van der Waals surface area (Å²) in [5.74, 6) is -0.650. The molecular weight excluding hydrogens is 515 g/mol. The topological polar surface area (TPSA) is 12.0 Å². The van der Waals surface area contributed by atoms with Gasteiger partial charge in [0.15, 0.2) is 0 Å². The average molecular weight is 535 g/mol. The van der Waals surface area contributed by atoms with Crippen LogP contribution >= 0.6 is 27.5 Å². The molecule has 0 aromatic carbocycles. The third kappa shape index (κ3) is 6.16. The Labute approximate surface area is 189 Å². The Morgan fingerprint density at radius 3 is 2.29 bits per heavy atom. The van der Waals surface area contributed by atoms with Gasteiger partial charge in [-0.05, 0) is 70.1 Å². The summed E-state index contributed by atoms with van der Waals surface area (Å²) in [6.07, 6.45) is -1.14. The lowest BCUT2D eigenvalue weighted by molar-refractivity contribution is -0.263. The van der Waals surface area contributed by atoms with Crippen LogP contribution in [0.5, 0.6) is 0 Å². The lowest BCUT2D eigenvalue weighted by atomic mass is 9.90. The van der Waals surface area contributed by atoms with E-state index in [0.717, 1.165) is 12.2 Å². The molecule has 1 unspecified atom stereocenters. The fourth-order valence-electron chi connectivity index (χ4n) is 2.70. The minimum atomic E-state index is -5.97. The monoisotopic (exact) mass is 533 g/mol. The number of nitrogens with one attached hydrogen (secondary N) is 1. The molecule has 1 rings (SSSR count). The second-order valence-electron chi connectivity index (χ2n) is 6.56. The van der Waals surface area contributed by atoms with Crippen molar-refractivity contribution in [2.24, 2.45) is 0 Å². The molecule has 1 aliphatic carbocycles. The summed E-state index contributed by atoms with van der Waals surface area (Å²) >= 11 is 7.70. The SMILES string of the molecule is C=C/C=C(C)\C(F)=C\C(=C)NC1=C(CC)C=C(C(F)(C(F)(F)F)C(F)(F)Cl)CC=C1Br. The van der Waals surface area contributed by atoms with Crippen molar-refractivity contribution in [2.45, 2.75) is 43.9 Å². The lowest BCUT2D eigenvalue weighted by Gasteiger charge is -2.33. The Morgan fingerprint density at radius 2 is 1.84 bits per heavy atom. The van der Waals surface area contributed by atoms with Gasteiger partial charge in [-0.3, -0.25) is 0 Å². The van der Waals surface area contributed by atoms with Crippen molar-refractivity contribution in [2.75, 3.05) is 0 Å². The molecule has 1 nitrogen and oxygen atoms in total. The molecule has 31 heavy (non-hydrogen) atoms. The van der Waals surface area contributed by atoms with Gasteiger partial charge in [0.2, 0.25) is 0 Å². The van der Waals surface area contributed by atoms with E-state index in [0.29, 0.717) is 6.08 Å². The molecule has 0 heterocycles. The summed E-state index contributed by atoms with van der Waals surface area (Å²) in [6, 6.07) is 0. The molecule has 0 saturated heterocycles. The van der Waals surface area contributed by atoms with E-state index in [4.69, 9.17) is 0 Å². The van der Waals surface area contributed by atoms with E-state index in [-0.39, 0.29) is 33.4 Å². The molecule has 0 aromatic heterocycles. The fraction of sp³-hybridized carbons (Fsp3) is 0.333.